The van der Waals surface area contributed by atoms with Crippen molar-refractivity contribution in [3.05, 3.63) is 154 Å². The molecule has 2 aliphatic heterocycles. The Kier molecular flexibility index (Phi) is 14.3. The van der Waals surface area contributed by atoms with Crippen molar-refractivity contribution in [1.82, 2.24) is 4.57 Å². The van der Waals surface area contributed by atoms with E-state index in [4.69, 9.17) is 4.74 Å². The highest BCUT2D eigenvalue weighted by Gasteiger charge is 2.48. The number of ketones is 2. The number of hydrogen-bond donors (Lipinski definition) is 2. The Morgan fingerprint density at radius 1 is 0.623 bits per heavy atom. The monoisotopic (exact) mass is 1030 g/mol. The van der Waals surface area contributed by atoms with Crippen molar-refractivity contribution in [3.63, 3.8) is 0 Å². The molecule has 2 bridgehead atoms. The van der Waals surface area contributed by atoms with E-state index in [1.807, 2.05) is 48.6 Å². The smallest absolute Gasteiger partial charge is 0.309 e. The number of allylic oxidation sites excluding steroid dienone is 8. The van der Waals surface area contributed by atoms with Gasteiger partial charge in [-0.1, -0.05) is 107 Å². The average molecular weight is 1030 g/mol. The number of aryl methyl sites for hydroxylation is 1. The van der Waals surface area contributed by atoms with Crippen molar-refractivity contribution in [3.8, 4) is 0 Å². The second-order valence-corrected chi connectivity index (χ2v) is 23.8. The molecule has 2 N–H and O–H groups in total. The van der Waals surface area contributed by atoms with Crippen LogP contribution in [0.4, 0.5) is 11.4 Å². The first kappa shape index (κ1) is 52.2. The van der Waals surface area contributed by atoms with E-state index < -0.39 is 0 Å². The molecule has 0 radical (unpaired) electrons. The van der Waals surface area contributed by atoms with E-state index in [2.05, 4.69) is 116 Å². The lowest BCUT2D eigenvalue weighted by Gasteiger charge is -2.23. The minimum absolute atomic E-state index is 0.00217. The van der Waals surface area contributed by atoms with Gasteiger partial charge in [0.15, 0.2) is 11.4 Å². The summed E-state index contributed by atoms with van der Waals surface area (Å²) in [5.74, 6) is 0.476. The zero-order valence-corrected chi connectivity index (χ0v) is 46.2. The third kappa shape index (κ3) is 9.19. The number of benzene rings is 4. The highest BCUT2D eigenvalue weighted by atomic mass is 16.5. The third-order valence-corrected chi connectivity index (χ3v) is 18.1. The van der Waals surface area contributed by atoms with Crippen LogP contribution in [-0.4, -0.2) is 72.6 Å². The van der Waals surface area contributed by atoms with Crippen molar-refractivity contribution in [2.24, 2.45) is 17.8 Å². The first-order chi connectivity index (χ1) is 37.2. The maximum absolute atomic E-state index is 14.4. The molecule has 1 aromatic heterocycles. The van der Waals surface area contributed by atoms with Gasteiger partial charge < -0.3 is 19.5 Å². The van der Waals surface area contributed by atoms with E-state index in [-0.39, 0.29) is 45.8 Å². The summed E-state index contributed by atoms with van der Waals surface area (Å²) >= 11 is 0. The molecule has 1 fully saturated rings. The number of aliphatic hydroxyl groups excluding tert-OH is 2. The lowest BCUT2D eigenvalue weighted by Crippen LogP contribution is -2.31. The number of rotatable bonds is 22. The van der Waals surface area contributed by atoms with Crippen molar-refractivity contribution in [2.75, 3.05) is 19.7 Å². The molecule has 4 aliphatic carbocycles. The van der Waals surface area contributed by atoms with Crippen molar-refractivity contribution in [2.45, 2.75) is 149 Å². The van der Waals surface area contributed by atoms with Crippen LogP contribution in [0.5, 0.6) is 0 Å². The number of Topliss-reactive ketones (excluding diaryl/α,β-unsaturated/α-hetero) is 2. The lowest BCUT2D eigenvalue weighted by atomic mass is 9.77. The van der Waals surface area contributed by atoms with Crippen molar-refractivity contribution in [1.29, 1.82) is 0 Å². The number of carbonyl (C=O) groups is 3. The van der Waals surface area contributed by atoms with E-state index in [9.17, 15) is 24.6 Å². The maximum atomic E-state index is 14.4. The standard InChI is InChI=1S/C68H75N3O6/c1-7-9-11-19-34-70-56-25-17-15-23-52(56)67(3,4)58(70)41-50-62(72)60(63(50)73)45-29-31-54-48(39-45)49-40-46(30-32-55(49)69(54)33-21-13-14-22-36-77-66(76)47-38-43-27-28-44(47)37-43)61-64(74)51(65(61)75)42-59-68(5,6)53-24-16-18-26-57(53)71(59)35-20-12-10-8-2/h15-18,23-32,39-44,47H,7-14,19-22,33-38H2,1-6H3/p+2. The molecular formula is C68H77N3O6+2. The fourth-order valence-corrected chi connectivity index (χ4v) is 13.7. The molecule has 3 unspecified atom stereocenters. The highest BCUT2D eigenvalue weighted by Crippen LogP contribution is 2.47. The summed E-state index contributed by atoms with van der Waals surface area (Å²) in [4.78, 5) is 41.7. The van der Waals surface area contributed by atoms with Crippen molar-refractivity contribution >= 4 is 73.3 Å². The van der Waals surface area contributed by atoms with E-state index in [1.165, 1.54) is 24.0 Å². The van der Waals surface area contributed by atoms with Gasteiger partial charge in [0.25, 0.3) is 0 Å². The van der Waals surface area contributed by atoms with Gasteiger partial charge in [-0.25, -0.2) is 0 Å². The Bertz CT molecular complexity index is 3280. The molecule has 9 nitrogen and oxygen atoms in total. The average Bonchev–Trinajstić information content (AvgIpc) is 4.45. The van der Waals surface area contributed by atoms with Crippen LogP contribution < -0.4 is 0 Å². The molecule has 1 saturated carbocycles. The van der Waals surface area contributed by atoms with Crippen LogP contribution in [0.3, 0.4) is 0 Å². The summed E-state index contributed by atoms with van der Waals surface area (Å²) in [7, 11) is 0. The molecule has 77 heavy (non-hydrogen) atoms. The van der Waals surface area contributed by atoms with E-state index >= 15 is 0 Å². The second kappa shape index (κ2) is 21.2. The van der Waals surface area contributed by atoms with Gasteiger partial charge in [-0.15, -0.1) is 0 Å². The summed E-state index contributed by atoms with van der Waals surface area (Å²) in [6.07, 6.45) is 22.9. The SMILES string of the molecule is CCCCCC[N+]1=C(/C=C2/C(=O)C(c3ccc4c(c3)c3cc(C5=C(O)/C(=C\C6=[N+](CCCCCC)c7ccccc7C6(C)C)C5=O)ccc3n4CCCCCCOC(=O)C3CC4C=CC3C4)=C2O)C(C)(C)c2ccccc21. The van der Waals surface area contributed by atoms with Gasteiger partial charge in [0.1, 0.15) is 24.6 Å². The number of ether oxygens (including phenoxy) is 1. The molecule has 4 aromatic carbocycles. The second-order valence-electron chi connectivity index (χ2n) is 23.8. The Balaban J connectivity index is 0.907. The highest BCUT2D eigenvalue weighted by molar-refractivity contribution is 6.41. The summed E-state index contributed by atoms with van der Waals surface area (Å²) in [5.41, 5.74) is 10.5. The van der Waals surface area contributed by atoms with Crippen LogP contribution in [0.25, 0.3) is 33.0 Å². The molecule has 6 aliphatic rings. The predicted octanol–water partition coefficient (Wildman–Crippen LogP) is 15.0. The van der Waals surface area contributed by atoms with E-state index in [0.717, 1.165) is 141 Å². The van der Waals surface area contributed by atoms with E-state index in [0.29, 0.717) is 51.9 Å². The van der Waals surface area contributed by atoms with Crippen LogP contribution in [0.2, 0.25) is 0 Å². The number of carbonyl (C=O) groups excluding carboxylic acids is 3. The van der Waals surface area contributed by atoms with Gasteiger partial charge in [-0.3, -0.25) is 14.4 Å². The fraction of sp³-hybridized carbons (Fsp3) is 0.426. The van der Waals surface area contributed by atoms with Gasteiger partial charge in [-0.05, 0) is 120 Å². The molecule has 3 heterocycles. The largest absolute Gasteiger partial charge is 0.506 e. The summed E-state index contributed by atoms with van der Waals surface area (Å²) in [5, 5.41) is 25.6. The molecule has 9 heteroatoms. The zero-order valence-electron chi connectivity index (χ0n) is 46.2. The normalized spacial score (nSPS) is 21.9. The molecule has 0 spiro atoms. The summed E-state index contributed by atoms with van der Waals surface area (Å²) < 4.78 is 12.8. The molecule has 0 amide bonds. The zero-order chi connectivity index (χ0) is 53.8. The Morgan fingerprint density at radius 2 is 1.12 bits per heavy atom. The van der Waals surface area contributed by atoms with Crippen LogP contribution in [0, 0.1) is 17.8 Å². The first-order valence-electron chi connectivity index (χ1n) is 29.0. The molecule has 11 rings (SSSR count). The Labute approximate surface area is 454 Å². The minimum Gasteiger partial charge on any atom is -0.506 e. The number of esters is 1. The third-order valence-electron chi connectivity index (χ3n) is 18.1. The summed E-state index contributed by atoms with van der Waals surface area (Å²) in [6, 6.07) is 28.9. The van der Waals surface area contributed by atoms with Gasteiger partial charge in [0, 0.05) is 76.6 Å². The molecule has 0 saturated heterocycles. The number of unbranched alkanes of at least 4 members (excludes halogenated alkanes) is 9. The Hall–Kier alpha value is -6.87. The topological polar surface area (TPSA) is 112 Å². The number of nitrogens with zero attached hydrogens (tertiary/aromatic N) is 3. The number of fused-ring (bicyclic) bond motifs is 7. The van der Waals surface area contributed by atoms with Crippen LogP contribution >= 0.6 is 0 Å². The molecule has 5 aromatic rings. The van der Waals surface area contributed by atoms with Gasteiger partial charge in [0.05, 0.1) is 45.6 Å². The number of hydrogen-bond acceptors (Lipinski definition) is 6. The van der Waals surface area contributed by atoms with Gasteiger partial charge in [-0.2, -0.15) is 9.15 Å². The number of para-hydroxylation sites is 2. The maximum Gasteiger partial charge on any atom is 0.309 e. The fourth-order valence-electron chi connectivity index (χ4n) is 13.7. The summed E-state index contributed by atoms with van der Waals surface area (Å²) in [6.45, 7) is 16.1. The van der Waals surface area contributed by atoms with Crippen LogP contribution in [-0.2, 0) is 36.5 Å². The van der Waals surface area contributed by atoms with Crippen LogP contribution in [0.15, 0.2) is 132 Å². The van der Waals surface area contributed by atoms with Crippen molar-refractivity contribution < 1.29 is 38.5 Å². The quantitative estimate of drug-likeness (QED) is 0.0235. The molecular weight excluding hydrogens is 955 g/mol. The molecule has 3 atom stereocenters. The van der Waals surface area contributed by atoms with Crippen LogP contribution in [0.1, 0.15) is 154 Å². The number of aliphatic hydroxyl groups is 2. The van der Waals surface area contributed by atoms with Gasteiger partial charge in [0.2, 0.25) is 22.9 Å². The van der Waals surface area contributed by atoms with E-state index in [1.54, 1.807) is 0 Å². The lowest BCUT2D eigenvalue weighted by molar-refractivity contribution is -0.438. The predicted molar refractivity (Wildman–Crippen MR) is 310 cm³/mol. The first-order valence-corrected chi connectivity index (χ1v) is 29.0. The molecule has 398 valence electrons. The number of aromatic nitrogens is 1. The minimum atomic E-state index is -0.364. The van der Waals surface area contributed by atoms with Gasteiger partial charge >= 0.3 is 5.97 Å². The Morgan fingerprint density at radius 3 is 1.58 bits per heavy atom.